The molecule has 30 heavy (non-hydrogen) atoms. The van der Waals surface area contributed by atoms with Crippen molar-refractivity contribution in [1.82, 2.24) is 9.80 Å². The molecule has 0 spiro atoms. The van der Waals surface area contributed by atoms with E-state index in [0.29, 0.717) is 0 Å². The first kappa shape index (κ1) is 24.2. The number of carbonyl (C=O) groups is 1. The van der Waals surface area contributed by atoms with Crippen LogP contribution in [0.25, 0.3) is 0 Å². The summed E-state index contributed by atoms with van der Waals surface area (Å²) in [5, 5.41) is 3.02. The third-order valence-electron chi connectivity index (χ3n) is 5.63. The van der Waals surface area contributed by atoms with E-state index in [1.807, 2.05) is 36.1 Å². The molecule has 1 saturated heterocycles. The first-order valence-electron chi connectivity index (χ1n) is 11.1. The Hall–Kier alpha value is -2.05. The molecule has 2 amide bonds. The highest BCUT2D eigenvalue weighted by molar-refractivity contribution is 5.90. The second kappa shape index (κ2) is 13.3. The number of likely N-dealkylation sites (tertiary alicyclic amines) is 1. The van der Waals surface area contributed by atoms with E-state index in [2.05, 4.69) is 23.8 Å². The van der Waals surface area contributed by atoms with Gasteiger partial charge in [0.1, 0.15) is 5.75 Å². The summed E-state index contributed by atoms with van der Waals surface area (Å²) >= 11 is 0. The summed E-state index contributed by atoms with van der Waals surface area (Å²) in [7, 11) is 3.78. The standard InChI is InChI=1S/C24H39N3O3/c1-5-14-26(3)15-8-6-7-9-18-30-21-12-16-27(17-13-21)24(28)25-23-11-10-22(29-4)19-20(23)2/h5,10-11,19,21H,1,6-9,12-18H2,2-4H3,(H,25,28). The molecule has 0 saturated carbocycles. The fraction of sp³-hybridized carbons (Fsp3) is 0.625. The van der Waals surface area contributed by atoms with E-state index >= 15 is 0 Å². The molecular weight excluding hydrogens is 378 g/mol. The number of nitrogens with zero attached hydrogens (tertiary/aromatic N) is 2. The molecule has 1 aliphatic heterocycles. The van der Waals surface area contributed by atoms with Crippen LogP contribution in [-0.4, -0.2) is 68.9 Å². The van der Waals surface area contributed by atoms with Crippen molar-refractivity contribution >= 4 is 11.7 Å². The van der Waals surface area contributed by atoms with Crippen LogP contribution in [0.3, 0.4) is 0 Å². The number of ether oxygens (including phenoxy) is 2. The van der Waals surface area contributed by atoms with Crippen LogP contribution in [0.5, 0.6) is 5.75 Å². The number of urea groups is 1. The zero-order valence-corrected chi connectivity index (χ0v) is 19.0. The molecular formula is C24H39N3O3. The van der Waals surface area contributed by atoms with E-state index in [0.717, 1.165) is 69.0 Å². The Morgan fingerprint density at radius 2 is 2.00 bits per heavy atom. The number of rotatable bonds is 12. The number of amides is 2. The van der Waals surface area contributed by atoms with E-state index in [4.69, 9.17) is 9.47 Å². The number of piperidine rings is 1. The van der Waals surface area contributed by atoms with Crippen molar-refractivity contribution < 1.29 is 14.3 Å². The molecule has 1 fully saturated rings. The molecule has 1 aromatic rings. The average Bonchev–Trinajstić information content (AvgIpc) is 2.75. The number of unbranched alkanes of at least 4 members (excludes halogenated alkanes) is 3. The van der Waals surface area contributed by atoms with Gasteiger partial charge in [0.15, 0.2) is 0 Å². The van der Waals surface area contributed by atoms with Crippen molar-refractivity contribution in [3.63, 3.8) is 0 Å². The molecule has 1 N–H and O–H groups in total. The van der Waals surface area contributed by atoms with Gasteiger partial charge in [0.2, 0.25) is 0 Å². The molecule has 0 aliphatic carbocycles. The minimum atomic E-state index is -0.0388. The highest BCUT2D eigenvalue weighted by Gasteiger charge is 2.23. The van der Waals surface area contributed by atoms with Crippen LogP contribution in [0, 0.1) is 6.92 Å². The summed E-state index contributed by atoms with van der Waals surface area (Å²) in [5.41, 5.74) is 1.82. The van der Waals surface area contributed by atoms with Gasteiger partial charge < -0.3 is 24.6 Å². The molecule has 0 aromatic heterocycles. The Kier molecular flexibility index (Phi) is 10.7. The maximum atomic E-state index is 12.6. The number of methoxy groups -OCH3 is 1. The molecule has 1 heterocycles. The molecule has 1 aromatic carbocycles. The van der Waals surface area contributed by atoms with Crippen LogP contribution in [0.4, 0.5) is 10.5 Å². The van der Waals surface area contributed by atoms with Gasteiger partial charge in [0.25, 0.3) is 0 Å². The highest BCUT2D eigenvalue weighted by atomic mass is 16.5. The number of anilines is 1. The summed E-state index contributed by atoms with van der Waals surface area (Å²) in [6.45, 7) is 10.1. The second-order valence-electron chi connectivity index (χ2n) is 8.13. The largest absolute Gasteiger partial charge is 0.497 e. The summed E-state index contributed by atoms with van der Waals surface area (Å²) in [4.78, 5) is 16.7. The zero-order chi connectivity index (χ0) is 21.8. The monoisotopic (exact) mass is 417 g/mol. The first-order valence-corrected chi connectivity index (χ1v) is 11.1. The topological polar surface area (TPSA) is 54.0 Å². The van der Waals surface area contributed by atoms with Crippen LogP contribution in [0.15, 0.2) is 30.9 Å². The van der Waals surface area contributed by atoms with Crippen molar-refractivity contribution in [2.75, 3.05) is 52.3 Å². The molecule has 2 rings (SSSR count). The average molecular weight is 418 g/mol. The predicted molar refractivity (Wildman–Crippen MR) is 123 cm³/mol. The minimum Gasteiger partial charge on any atom is -0.497 e. The van der Waals surface area contributed by atoms with Crippen LogP contribution < -0.4 is 10.1 Å². The van der Waals surface area contributed by atoms with Gasteiger partial charge in [-0.1, -0.05) is 18.9 Å². The fourth-order valence-electron chi connectivity index (χ4n) is 3.72. The smallest absolute Gasteiger partial charge is 0.321 e. The van der Waals surface area contributed by atoms with Crippen LogP contribution in [-0.2, 0) is 4.74 Å². The molecule has 6 heteroatoms. The number of aryl methyl sites for hydroxylation is 1. The van der Waals surface area contributed by atoms with Gasteiger partial charge in [-0.05, 0) is 70.0 Å². The summed E-state index contributed by atoms with van der Waals surface area (Å²) in [5.74, 6) is 0.795. The summed E-state index contributed by atoms with van der Waals surface area (Å²) in [6.07, 6.45) is 8.83. The molecule has 1 aliphatic rings. The quantitative estimate of drug-likeness (QED) is 0.396. The number of likely N-dealkylation sites (N-methyl/N-ethyl adjacent to an activating group) is 1. The van der Waals surface area contributed by atoms with Gasteiger partial charge in [-0.15, -0.1) is 6.58 Å². The van der Waals surface area contributed by atoms with Gasteiger partial charge in [-0.2, -0.15) is 0 Å². The normalized spacial score (nSPS) is 14.7. The van der Waals surface area contributed by atoms with E-state index in [9.17, 15) is 4.79 Å². The van der Waals surface area contributed by atoms with E-state index in [-0.39, 0.29) is 12.1 Å². The Morgan fingerprint density at radius 3 is 2.67 bits per heavy atom. The number of carbonyl (C=O) groups excluding carboxylic acids is 1. The van der Waals surface area contributed by atoms with Crippen LogP contribution in [0.2, 0.25) is 0 Å². The van der Waals surface area contributed by atoms with E-state index < -0.39 is 0 Å². The fourth-order valence-corrected chi connectivity index (χ4v) is 3.72. The van der Waals surface area contributed by atoms with Crippen LogP contribution in [0.1, 0.15) is 44.1 Å². The van der Waals surface area contributed by atoms with Crippen molar-refractivity contribution in [2.45, 2.75) is 51.6 Å². The highest BCUT2D eigenvalue weighted by Crippen LogP contribution is 2.22. The lowest BCUT2D eigenvalue weighted by Gasteiger charge is -2.32. The lowest BCUT2D eigenvalue weighted by Crippen LogP contribution is -2.43. The lowest BCUT2D eigenvalue weighted by atomic mass is 10.1. The first-order chi connectivity index (χ1) is 14.5. The Bertz CT molecular complexity index is 657. The lowest BCUT2D eigenvalue weighted by molar-refractivity contribution is 0.0140. The van der Waals surface area contributed by atoms with Crippen molar-refractivity contribution in [3.8, 4) is 5.75 Å². The summed E-state index contributed by atoms with van der Waals surface area (Å²) in [6, 6.07) is 5.64. The van der Waals surface area contributed by atoms with Gasteiger partial charge in [-0.3, -0.25) is 0 Å². The SMILES string of the molecule is C=CCN(C)CCCCCCOC1CCN(C(=O)Nc2ccc(OC)cc2C)CC1. The van der Waals surface area contributed by atoms with E-state index in [1.54, 1.807) is 7.11 Å². The molecule has 0 atom stereocenters. The maximum absolute atomic E-state index is 12.6. The number of benzene rings is 1. The van der Waals surface area contributed by atoms with Crippen molar-refractivity contribution in [2.24, 2.45) is 0 Å². The zero-order valence-electron chi connectivity index (χ0n) is 19.0. The number of nitrogens with one attached hydrogen (secondary N) is 1. The molecule has 6 nitrogen and oxygen atoms in total. The van der Waals surface area contributed by atoms with Crippen LogP contribution >= 0.6 is 0 Å². The summed E-state index contributed by atoms with van der Waals surface area (Å²) < 4.78 is 11.3. The Labute approximate surface area is 182 Å². The number of hydrogen-bond acceptors (Lipinski definition) is 4. The molecule has 0 bridgehead atoms. The molecule has 168 valence electrons. The third-order valence-corrected chi connectivity index (χ3v) is 5.63. The van der Waals surface area contributed by atoms with E-state index in [1.165, 1.54) is 19.3 Å². The van der Waals surface area contributed by atoms with Gasteiger partial charge in [0, 0.05) is 31.9 Å². The van der Waals surface area contributed by atoms with Crippen molar-refractivity contribution in [3.05, 3.63) is 36.4 Å². The van der Waals surface area contributed by atoms with Gasteiger partial charge in [-0.25, -0.2) is 4.79 Å². The molecule has 0 unspecified atom stereocenters. The Balaban J connectivity index is 1.57. The second-order valence-corrected chi connectivity index (χ2v) is 8.13. The number of hydrogen-bond donors (Lipinski definition) is 1. The van der Waals surface area contributed by atoms with Gasteiger partial charge in [0.05, 0.1) is 13.2 Å². The van der Waals surface area contributed by atoms with Gasteiger partial charge >= 0.3 is 6.03 Å². The predicted octanol–water partition coefficient (Wildman–Crippen LogP) is 4.69. The molecule has 0 radical (unpaired) electrons. The van der Waals surface area contributed by atoms with Crippen molar-refractivity contribution in [1.29, 1.82) is 0 Å². The third kappa shape index (κ3) is 8.36. The maximum Gasteiger partial charge on any atom is 0.321 e. The Morgan fingerprint density at radius 1 is 1.27 bits per heavy atom. The minimum absolute atomic E-state index is 0.0388.